The fourth-order valence-electron chi connectivity index (χ4n) is 3.07. The van der Waals surface area contributed by atoms with Gasteiger partial charge in [0.15, 0.2) is 0 Å². The Morgan fingerprint density at radius 2 is 2.20 bits per heavy atom. The number of aryl methyl sites for hydroxylation is 2. The van der Waals surface area contributed by atoms with Gasteiger partial charge in [0.05, 0.1) is 0 Å². The summed E-state index contributed by atoms with van der Waals surface area (Å²) in [5, 5.41) is 7.05. The van der Waals surface area contributed by atoms with Crippen LogP contribution in [0.1, 0.15) is 24.6 Å². The monoisotopic (exact) mass is 337 g/mol. The summed E-state index contributed by atoms with van der Waals surface area (Å²) in [4.78, 5) is 20.8. The van der Waals surface area contributed by atoms with E-state index in [1.54, 1.807) is 6.20 Å². The molecule has 2 aromatic heterocycles. The molecule has 3 heterocycles. The molecular formula is C18H19N5O2. The fraction of sp³-hybridized carbons (Fsp3) is 0.333. The zero-order chi connectivity index (χ0) is 17.1. The Morgan fingerprint density at radius 1 is 1.32 bits per heavy atom. The minimum absolute atomic E-state index is 0.00743. The van der Waals surface area contributed by atoms with Crippen LogP contribution in [0.4, 0.5) is 0 Å². The summed E-state index contributed by atoms with van der Waals surface area (Å²) in [6, 6.07) is 9.79. The van der Waals surface area contributed by atoms with E-state index >= 15 is 0 Å². The maximum Gasteiger partial charge on any atom is 0.227 e. The lowest BCUT2D eigenvalue weighted by molar-refractivity contribution is -0.122. The number of hydrogen-bond donors (Lipinski definition) is 1. The van der Waals surface area contributed by atoms with Gasteiger partial charge in [-0.2, -0.15) is 4.98 Å². The van der Waals surface area contributed by atoms with E-state index in [4.69, 9.17) is 4.52 Å². The minimum Gasteiger partial charge on any atom is -0.352 e. The Balaban J connectivity index is 1.29. The number of hydrogen-bond acceptors (Lipinski definition) is 5. The summed E-state index contributed by atoms with van der Waals surface area (Å²) in [7, 11) is 0. The van der Waals surface area contributed by atoms with Gasteiger partial charge in [0.1, 0.15) is 5.82 Å². The maximum absolute atomic E-state index is 12.2. The number of rotatable bonds is 5. The van der Waals surface area contributed by atoms with Crippen molar-refractivity contribution in [3.63, 3.8) is 0 Å². The van der Waals surface area contributed by atoms with Crippen LogP contribution in [0.15, 0.2) is 47.2 Å². The van der Waals surface area contributed by atoms with E-state index < -0.39 is 0 Å². The zero-order valence-electron chi connectivity index (χ0n) is 13.8. The lowest BCUT2D eigenvalue weighted by atomic mass is 10.1. The summed E-state index contributed by atoms with van der Waals surface area (Å²) in [5.41, 5.74) is 0.903. The largest absolute Gasteiger partial charge is 0.352 e. The highest BCUT2D eigenvalue weighted by Gasteiger charge is 2.20. The van der Waals surface area contributed by atoms with Crippen LogP contribution in [0.3, 0.4) is 0 Å². The standard InChI is InChI=1S/C18H19N5O2/c24-16(20-14-6-7-15-19-10-11-23(15)12-14)8-9-17-21-18(22-25-17)13-4-2-1-3-5-13/h1-5,10-11,14H,6-9,12H2,(H,20,24). The van der Waals surface area contributed by atoms with E-state index in [9.17, 15) is 4.79 Å². The number of imidazole rings is 1. The van der Waals surface area contributed by atoms with Crippen LogP contribution in [0.5, 0.6) is 0 Å². The summed E-state index contributed by atoms with van der Waals surface area (Å²) >= 11 is 0. The van der Waals surface area contributed by atoms with Crippen LogP contribution in [-0.4, -0.2) is 31.6 Å². The molecule has 1 unspecified atom stereocenters. The van der Waals surface area contributed by atoms with E-state index in [2.05, 4.69) is 25.0 Å². The highest BCUT2D eigenvalue weighted by Crippen LogP contribution is 2.16. The Bertz CT molecular complexity index is 855. The predicted molar refractivity (Wildman–Crippen MR) is 90.5 cm³/mol. The first-order valence-corrected chi connectivity index (χ1v) is 8.45. The lowest BCUT2D eigenvalue weighted by Crippen LogP contribution is -2.41. The van der Waals surface area contributed by atoms with Crippen LogP contribution in [-0.2, 0) is 24.2 Å². The molecule has 0 bridgehead atoms. The number of amides is 1. The van der Waals surface area contributed by atoms with Crippen LogP contribution in [0, 0.1) is 0 Å². The average Bonchev–Trinajstić information content (AvgIpc) is 3.30. The molecule has 0 saturated heterocycles. The van der Waals surface area contributed by atoms with E-state index in [0.717, 1.165) is 30.8 Å². The van der Waals surface area contributed by atoms with Crippen molar-refractivity contribution in [2.45, 2.75) is 38.3 Å². The Hall–Kier alpha value is -2.96. The second kappa shape index (κ2) is 6.88. The average molecular weight is 337 g/mol. The van der Waals surface area contributed by atoms with E-state index in [-0.39, 0.29) is 11.9 Å². The van der Waals surface area contributed by atoms with Crippen molar-refractivity contribution >= 4 is 5.91 Å². The molecule has 1 aliphatic heterocycles. The number of fused-ring (bicyclic) bond motifs is 1. The molecule has 4 rings (SSSR count). The molecule has 1 aliphatic rings. The van der Waals surface area contributed by atoms with Gasteiger partial charge in [-0.3, -0.25) is 4.79 Å². The molecule has 25 heavy (non-hydrogen) atoms. The third-order valence-electron chi connectivity index (χ3n) is 4.37. The third kappa shape index (κ3) is 3.60. The van der Waals surface area contributed by atoms with Crippen molar-refractivity contribution < 1.29 is 9.32 Å². The van der Waals surface area contributed by atoms with Crippen LogP contribution in [0.2, 0.25) is 0 Å². The van der Waals surface area contributed by atoms with Crippen molar-refractivity contribution in [1.29, 1.82) is 0 Å². The van der Waals surface area contributed by atoms with Gasteiger partial charge in [-0.15, -0.1) is 0 Å². The van der Waals surface area contributed by atoms with Gasteiger partial charge in [-0.05, 0) is 6.42 Å². The highest BCUT2D eigenvalue weighted by molar-refractivity contribution is 5.76. The van der Waals surface area contributed by atoms with Crippen LogP contribution >= 0.6 is 0 Å². The van der Waals surface area contributed by atoms with E-state index in [1.165, 1.54) is 0 Å². The van der Waals surface area contributed by atoms with Gasteiger partial charge >= 0.3 is 0 Å². The number of aromatic nitrogens is 4. The topological polar surface area (TPSA) is 85.8 Å². The van der Waals surface area contributed by atoms with Gasteiger partial charge < -0.3 is 14.4 Å². The Kier molecular flexibility index (Phi) is 4.28. The van der Waals surface area contributed by atoms with Crippen LogP contribution in [0.25, 0.3) is 11.4 Å². The quantitative estimate of drug-likeness (QED) is 0.769. The van der Waals surface area contributed by atoms with Gasteiger partial charge in [0.2, 0.25) is 17.6 Å². The SMILES string of the molecule is O=C(CCc1nc(-c2ccccc2)no1)NC1CCc2nccn2C1. The summed E-state index contributed by atoms with van der Waals surface area (Å²) in [6.07, 6.45) is 6.35. The number of nitrogens with zero attached hydrogens (tertiary/aromatic N) is 4. The third-order valence-corrected chi connectivity index (χ3v) is 4.37. The first-order chi connectivity index (χ1) is 12.3. The van der Waals surface area contributed by atoms with Gasteiger partial charge in [-0.1, -0.05) is 35.5 Å². The first kappa shape index (κ1) is 15.6. The molecule has 1 aromatic carbocycles. The maximum atomic E-state index is 12.2. The van der Waals surface area contributed by atoms with Crippen molar-refractivity contribution in [1.82, 2.24) is 25.0 Å². The number of carbonyl (C=O) groups excluding carboxylic acids is 1. The zero-order valence-corrected chi connectivity index (χ0v) is 13.8. The molecule has 1 amide bonds. The summed E-state index contributed by atoms with van der Waals surface area (Å²) in [5.74, 6) is 2.13. The highest BCUT2D eigenvalue weighted by atomic mass is 16.5. The Labute approximate surface area is 145 Å². The number of carbonyl (C=O) groups is 1. The summed E-state index contributed by atoms with van der Waals surface area (Å²) in [6.45, 7) is 0.778. The van der Waals surface area contributed by atoms with Gasteiger partial charge in [-0.25, -0.2) is 4.98 Å². The van der Waals surface area contributed by atoms with E-state index in [0.29, 0.717) is 24.6 Å². The van der Waals surface area contributed by atoms with E-state index in [1.807, 2.05) is 36.5 Å². The Morgan fingerprint density at radius 3 is 3.08 bits per heavy atom. The van der Waals surface area contributed by atoms with Crippen LogP contribution < -0.4 is 5.32 Å². The molecule has 7 heteroatoms. The normalized spacial score (nSPS) is 16.4. The van der Waals surface area contributed by atoms with Crippen molar-refractivity contribution in [2.24, 2.45) is 0 Å². The first-order valence-electron chi connectivity index (χ1n) is 8.45. The molecule has 7 nitrogen and oxygen atoms in total. The molecule has 0 radical (unpaired) electrons. The van der Waals surface area contributed by atoms with Crippen molar-refractivity contribution in [3.8, 4) is 11.4 Å². The molecule has 0 spiro atoms. The second-order valence-electron chi connectivity index (χ2n) is 6.18. The van der Waals surface area contributed by atoms with Gasteiger partial charge in [0, 0.05) is 49.8 Å². The lowest BCUT2D eigenvalue weighted by Gasteiger charge is -2.24. The molecule has 0 saturated carbocycles. The second-order valence-corrected chi connectivity index (χ2v) is 6.18. The molecule has 3 aromatic rings. The van der Waals surface area contributed by atoms with Crippen molar-refractivity contribution in [3.05, 3.63) is 54.4 Å². The summed E-state index contributed by atoms with van der Waals surface area (Å²) < 4.78 is 7.34. The number of nitrogens with one attached hydrogen (secondary N) is 1. The minimum atomic E-state index is 0.00743. The molecule has 128 valence electrons. The molecule has 0 aliphatic carbocycles. The fourth-order valence-corrected chi connectivity index (χ4v) is 3.07. The smallest absolute Gasteiger partial charge is 0.227 e. The molecule has 0 fully saturated rings. The molecule has 1 N–H and O–H groups in total. The van der Waals surface area contributed by atoms with Gasteiger partial charge in [0.25, 0.3) is 0 Å². The number of benzene rings is 1. The predicted octanol–water partition coefficient (Wildman–Crippen LogP) is 2.00. The molecule has 1 atom stereocenters. The molecular weight excluding hydrogens is 318 g/mol. The van der Waals surface area contributed by atoms with Crippen molar-refractivity contribution in [2.75, 3.05) is 0 Å².